The van der Waals surface area contributed by atoms with Crippen LogP contribution in [0.1, 0.15) is 48.3 Å². The molecule has 1 aromatic carbocycles. The Morgan fingerprint density at radius 1 is 0.923 bits per heavy atom. The molecule has 0 heteroatoms. The number of hydrogen-bond donors (Lipinski definition) is 0. The summed E-state index contributed by atoms with van der Waals surface area (Å²) in [5.74, 6) is 0.923. The molecule has 68 valence electrons. The van der Waals surface area contributed by atoms with Gasteiger partial charge in [-0.1, -0.05) is 18.2 Å². The quantitative estimate of drug-likeness (QED) is 0.608. The largest absolute Gasteiger partial charge is 0.0585 e. The summed E-state index contributed by atoms with van der Waals surface area (Å²) in [6.07, 6.45) is 8.31. The second-order valence-corrected chi connectivity index (χ2v) is 4.51. The highest BCUT2D eigenvalue weighted by molar-refractivity contribution is 5.36. The van der Waals surface area contributed by atoms with Crippen molar-refractivity contribution in [1.29, 1.82) is 0 Å². The summed E-state index contributed by atoms with van der Waals surface area (Å²) in [6.45, 7) is 0. The van der Waals surface area contributed by atoms with E-state index in [0.29, 0.717) is 0 Å². The van der Waals surface area contributed by atoms with Gasteiger partial charge in [-0.2, -0.15) is 0 Å². The molecule has 1 aromatic rings. The highest BCUT2D eigenvalue weighted by atomic mass is 14.3. The van der Waals surface area contributed by atoms with Crippen LogP contribution in [0, 0.1) is 0 Å². The van der Waals surface area contributed by atoms with Gasteiger partial charge in [0, 0.05) is 0 Å². The Bertz CT molecular complexity index is 321. The van der Waals surface area contributed by atoms with Crippen LogP contribution in [0.4, 0.5) is 0 Å². The average molecular weight is 172 g/mol. The van der Waals surface area contributed by atoms with Crippen molar-refractivity contribution in [2.45, 2.75) is 44.4 Å². The number of hydrogen-bond acceptors (Lipinski definition) is 0. The van der Waals surface area contributed by atoms with Gasteiger partial charge in [0.2, 0.25) is 0 Å². The van der Waals surface area contributed by atoms with Gasteiger partial charge >= 0.3 is 0 Å². The molecule has 0 atom stereocenters. The lowest BCUT2D eigenvalue weighted by molar-refractivity contribution is 0.684. The lowest BCUT2D eigenvalue weighted by Gasteiger charge is -2.16. The second-order valence-electron chi connectivity index (χ2n) is 4.51. The van der Waals surface area contributed by atoms with Crippen LogP contribution in [0.2, 0.25) is 0 Å². The van der Waals surface area contributed by atoms with Crippen LogP contribution in [-0.2, 0) is 12.8 Å². The van der Waals surface area contributed by atoms with E-state index in [-0.39, 0.29) is 0 Å². The third kappa shape index (κ3) is 1.39. The lowest BCUT2D eigenvalue weighted by Crippen LogP contribution is -2.02. The van der Waals surface area contributed by atoms with Crippen molar-refractivity contribution in [3.05, 3.63) is 34.9 Å². The van der Waals surface area contributed by atoms with Gasteiger partial charge in [0.15, 0.2) is 0 Å². The molecule has 0 N–H and O–H groups in total. The Morgan fingerprint density at radius 3 is 2.46 bits per heavy atom. The van der Waals surface area contributed by atoms with Gasteiger partial charge in [0.25, 0.3) is 0 Å². The van der Waals surface area contributed by atoms with Gasteiger partial charge < -0.3 is 0 Å². The lowest BCUT2D eigenvalue weighted by atomic mass is 9.90. The zero-order valence-corrected chi connectivity index (χ0v) is 8.05. The molecule has 1 saturated carbocycles. The van der Waals surface area contributed by atoms with Crippen molar-refractivity contribution in [3.63, 3.8) is 0 Å². The van der Waals surface area contributed by atoms with Crippen LogP contribution in [-0.4, -0.2) is 0 Å². The normalized spacial score (nSPS) is 21.2. The predicted octanol–water partition coefficient (Wildman–Crippen LogP) is 3.44. The average Bonchev–Trinajstić information content (AvgIpc) is 3.00. The Morgan fingerprint density at radius 2 is 1.69 bits per heavy atom. The molecule has 0 unspecified atom stereocenters. The molecule has 0 aliphatic heterocycles. The molecule has 3 rings (SSSR count). The van der Waals surface area contributed by atoms with Crippen LogP contribution in [0.25, 0.3) is 0 Å². The summed E-state index contributed by atoms with van der Waals surface area (Å²) in [6, 6.07) is 7.22. The van der Waals surface area contributed by atoms with Crippen LogP contribution >= 0.6 is 0 Å². The van der Waals surface area contributed by atoms with Crippen LogP contribution < -0.4 is 0 Å². The third-order valence-corrected chi connectivity index (χ3v) is 3.42. The molecule has 0 spiro atoms. The molecule has 2 aliphatic carbocycles. The molecule has 2 aliphatic rings. The molecule has 0 amide bonds. The number of benzene rings is 1. The Labute approximate surface area is 80.0 Å². The summed E-state index contributed by atoms with van der Waals surface area (Å²) >= 11 is 0. The van der Waals surface area contributed by atoms with Gasteiger partial charge in [0.05, 0.1) is 0 Å². The minimum absolute atomic E-state index is 0.923. The monoisotopic (exact) mass is 172 g/mol. The van der Waals surface area contributed by atoms with E-state index >= 15 is 0 Å². The Balaban J connectivity index is 1.98. The first-order valence-electron chi connectivity index (χ1n) is 5.55. The van der Waals surface area contributed by atoms with E-state index in [1.807, 2.05) is 0 Å². The topological polar surface area (TPSA) is 0 Å². The van der Waals surface area contributed by atoms with E-state index in [2.05, 4.69) is 18.2 Å². The van der Waals surface area contributed by atoms with Gasteiger partial charge in [0.1, 0.15) is 0 Å². The highest BCUT2D eigenvalue weighted by Crippen LogP contribution is 2.41. The fraction of sp³-hybridized carbons (Fsp3) is 0.538. The summed E-state index contributed by atoms with van der Waals surface area (Å²) in [4.78, 5) is 0. The first kappa shape index (κ1) is 7.61. The Hall–Kier alpha value is -0.780. The van der Waals surface area contributed by atoms with Crippen molar-refractivity contribution in [1.82, 2.24) is 0 Å². The molecule has 0 bridgehead atoms. The standard InChI is InChI=1S/C13H16/c1-2-4-12-9-13(11-5-6-11)8-7-10(12)3-1/h7-9,11H,1-6H2. The molecular weight excluding hydrogens is 156 g/mol. The fourth-order valence-corrected chi connectivity index (χ4v) is 2.42. The minimum atomic E-state index is 0.923. The van der Waals surface area contributed by atoms with Crippen molar-refractivity contribution >= 4 is 0 Å². The molecule has 1 fully saturated rings. The third-order valence-electron chi connectivity index (χ3n) is 3.42. The molecular formula is C13H16. The highest BCUT2D eigenvalue weighted by Gasteiger charge is 2.24. The van der Waals surface area contributed by atoms with Crippen LogP contribution in [0.3, 0.4) is 0 Å². The molecule has 0 nitrogen and oxygen atoms in total. The van der Waals surface area contributed by atoms with Crippen molar-refractivity contribution in [3.8, 4) is 0 Å². The predicted molar refractivity (Wildman–Crippen MR) is 55.1 cm³/mol. The van der Waals surface area contributed by atoms with Gasteiger partial charge in [-0.25, -0.2) is 0 Å². The van der Waals surface area contributed by atoms with E-state index in [0.717, 1.165) is 5.92 Å². The maximum atomic E-state index is 2.48. The van der Waals surface area contributed by atoms with Gasteiger partial charge in [-0.3, -0.25) is 0 Å². The SMILES string of the molecule is c1cc2c(cc1C1CC1)CCCC2. The van der Waals surface area contributed by atoms with Gasteiger partial charge in [-0.15, -0.1) is 0 Å². The van der Waals surface area contributed by atoms with Crippen molar-refractivity contribution in [2.75, 3.05) is 0 Å². The van der Waals surface area contributed by atoms with Crippen molar-refractivity contribution in [2.24, 2.45) is 0 Å². The maximum Gasteiger partial charge on any atom is -0.0161 e. The summed E-state index contributed by atoms with van der Waals surface area (Å²) in [5, 5.41) is 0. The summed E-state index contributed by atoms with van der Waals surface area (Å²) in [7, 11) is 0. The molecule has 0 radical (unpaired) electrons. The summed E-state index contributed by atoms with van der Waals surface area (Å²) in [5.41, 5.74) is 4.88. The van der Waals surface area contributed by atoms with Crippen LogP contribution in [0.15, 0.2) is 18.2 Å². The number of aryl methyl sites for hydroxylation is 2. The van der Waals surface area contributed by atoms with Gasteiger partial charge in [-0.05, 0) is 61.1 Å². The zero-order valence-electron chi connectivity index (χ0n) is 8.05. The minimum Gasteiger partial charge on any atom is -0.0585 e. The molecule has 0 saturated heterocycles. The zero-order chi connectivity index (χ0) is 8.67. The first-order chi connectivity index (χ1) is 6.43. The van der Waals surface area contributed by atoms with E-state index in [4.69, 9.17) is 0 Å². The smallest absolute Gasteiger partial charge is 0.0161 e. The molecule has 0 heterocycles. The number of rotatable bonds is 1. The van der Waals surface area contributed by atoms with Crippen molar-refractivity contribution < 1.29 is 0 Å². The van der Waals surface area contributed by atoms with E-state index in [9.17, 15) is 0 Å². The first-order valence-corrected chi connectivity index (χ1v) is 5.55. The van der Waals surface area contributed by atoms with E-state index in [1.54, 1.807) is 16.7 Å². The molecule has 13 heavy (non-hydrogen) atoms. The molecule has 0 aromatic heterocycles. The maximum absolute atomic E-state index is 2.48. The summed E-state index contributed by atoms with van der Waals surface area (Å²) < 4.78 is 0. The second kappa shape index (κ2) is 2.87. The van der Waals surface area contributed by atoms with E-state index in [1.165, 1.54) is 38.5 Å². The van der Waals surface area contributed by atoms with Crippen LogP contribution in [0.5, 0.6) is 0 Å². The Kier molecular flexibility index (Phi) is 1.68. The van der Waals surface area contributed by atoms with E-state index < -0.39 is 0 Å². The fourth-order valence-electron chi connectivity index (χ4n) is 2.42. The number of fused-ring (bicyclic) bond motifs is 1.